The number of hydrogen-bond donors (Lipinski definition) is 1. The first-order valence-electron chi connectivity index (χ1n) is 7.24. The van der Waals surface area contributed by atoms with Gasteiger partial charge in [0.1, 0.15) is 10.9 Å². The van der Waals surface area contributed by atoms with Gasteiger partial charge in [0, 0.05) is 24.3 Å². The molecule has 1 aliphatic rings. The lowest BCUT2D eigenvalue weighted by molar-refractivity contribution is -0.662. The molecule has 2 aromatic rings. The van der Waals surface area contributed by atoms with Crippen LogP contribution in [0.2, 0.25) is 0 Å². The van der Waals surface area contributed by atoms with Gasteiger partial charge in [0.2, 0.25) is 6.29 Å². The first kappa shape index (κ1) is 15.3. The summed E-state index contributed by atoms with van der Waals surface area (Å²) in [5.41, 5.74) is 7.15. The Kier molecular flexibility index (Phi) is 4.40. The third-order valence-electron chi connectivity index (χ3n) is 3.64. The van der Waals surface area contributed by atoms with E-state index in [4.69, 9.17) is 10.5 Å². The van der Waals surface area contributed by atoms with E-state index in [1.54, 1.807) is 17.0 Å². The number of hydrogen-bond acceptors (Lipinski definition) is 6. The molecule has 0 aliphatic carbocycles. The van der Waals surface area contributed by atoms with Crippen LogP contribution in [0.15, 0.2) is 24.3 Å². The summed E-state index contributed by atoms with van der Waals surface area (Å²) in [4.78, 5) is 25.5. The van der Waals surface area contributed by atoms with Crippen molar-refractivity contribution in [1.29, 1.82) is 0 Å². The van der Waals surface area contributed by atoms with Gasteiger partial charge in [-0.1, -0.05) is 16.8 Å². The van der Waals surface area contributed by atoms with E-state index in [1.165, 1.54) is 4.68 Å². The van der Waals surface area contributed by atoms with Crippen LogP contribution >= 0.6 is 0 Å². The van der Waals surface area contributed by atoms with Crippen LogP contribution in [0.3, 0.4) is 0 Å². The molecular formula is C14H17N6O3+. The molecular weight excluding hydrogens is 300 g/mol. The number of nitrogens with two attached hydrogens (primary N) is 1. The molecule has 0 atom stereocenters. The van der Waals surface area contributed by atoms with E-state index in [9.17, 15) is 9.59 Å². The number of nitrogens with zero attached hydrogens (tertiary/aromatic N) is 5. The Bertz CT molecular complexity index is 706. The quantitative estimate of drug-likeness (QED) is 0.448. The van der Waals surface area contributed by atoms with Gasteiger partial charge in [-0.2, -0.15) is 0 Å². The minimum absolute atomic E-state index is 0.0574. The van der Waals surface area contributed by atoms with E-state index in [1.807, 2.05) is 12.1 Å². The Balaban J connectivity index is 1.92. The third kappa shape index (κ3) is 2.96. The highest BCUT2D eigenvalue weighted by Crippen LogP contribution is 2.05. The maximum atomic E-state index is 12.5. The lowest BCUT2D eigenvalue weighted by atomic mass is 10.2. The largest absolute Gasteiger partial charge is 0.421 e. The highest BCUT2D eigenvalue weighted by Gasteiger charge is 2.31. The highest BCUT2D eigenvalue weighted by atomic mass is 16.5. The van der Waals surface area contributed by atoms with Crippen LogP contribution in [0.1, 0.15) is 16.2 Å². The average Bonchev–Trinajstić information content (AvgIpc) is 3.05. The molecule has 1 aromatic heterocycles. The molecule has 0 radical (unpaired) electrons. The summed E-state index contributed by atoms with van der Waals surface area (Å²) in [6.45, 7) is 2.28. The van der Waals surface area contributed by atoms with Gasteiger partial charge in [-0.05, 0) is 17.7 Å². The van der Waals surface area contributed by atoms with Gasteiger partial charge >= 0.3 is 11.9 Å². The Morgan fingerprint density at radius 2 is 2.00 bits per heavy atom. The maximum absolute atomic E-state index is 12.5. The second-order valence-electron chi connectivity index (χ2n) is 5.03. The summed E-state index contributed by atoms with van der Waals surface area (Å²) >= 11 is 0. The molecule has 0 bridgehead atoms. The van der Waals surface area contributed by atoms with Crippen LogP contribution < -0.4 is 10.4 Å². The summed E-state index contributed by atoms with van der Waals surface area (Å²) in [6.07, 6.45) is 0.565. The van der Waals surface area contributed by atoms with Crippen molar-refractivity contribution in [3.8, 4) is 5.69 Å². The Morgan fingerprint density at radius 3 is 2.61 bits per heavy atom. The molecule has 1 aromatic carbocycles. The standard InChI is InChI=1S/C14H17N6O3/c15-9-11-1-3-12(4-2-11)19-13(10-21)20(17-16-19)14(22)18-5-7-23-8-6-18/h1-4,10H,5-9,15H2/q+1. The molecule has 23 heavy (non-hydrogen) atoms. The fourth-order valence-corrected chi connectivity index (χ4v) is 2.34. The summed E-state index contributed by atoms with van der Waals surface area (Å²) in [5, 5.41) is 7.74. The summed E-state index contributed by atoms with van der Waals surface area (Å²) in [7, 11) is 0. The van der Waals surface area contributed by atoms with E-state index in [0.717, 1.165) is 10.2 Å². The maximum Gasteiger partial charge on any atom is 0.421 e. The van der Waals surface area contributed by atoms with Crippen molar-refractivity contribution < 1.29 is 19.0 Å². The third-order valence-corrected chi connectivity index (χ3v) is 3.64. The number of benzene rings is 1. The van der Waals surface area contributed by atoms with Gasteiger partial charge in [0.25, 0.3) is 0 Å². The van der Waals surface area contributed by atoms with Gasteiger partial charge in [0.05, 0.1) is 13.2 Å². The molecule has 120 valence electrons. The molecule has 1 saturated heterocycles. The van der Waals surface area contributed by atoms with Crippen LogP contribution in [-0.2, 0) is 11.3 Å². The number of morpholine rings is 1. The van der Waals surface area contributed by atoms with Gasteiger partial charge in [-0.25, -0.2) is 4.79 Å². The molecule has 0 unspecified atom stereocenters. The highest BCUT2D eigenvalue weighted by molar-refractivity contribution is 5.81. The second-order valence-corrected chi connectivity index (χ2v) is 5.03. The number of aldehydes is 1. The summed E-state index contributed by atoms with van der Waals surface area (Å²) < 4.78 is 7.55. The Hall–Kier alpha value is -2.65. The van der Waals surface area contributed by atoms with E-state index in [0.29, 0.717) is 44.8 Å². The SMILES string of the molecule is NCc1ccc(-[n+]2nnn(C(=O)N3CCOCC3)c2C=O)cc1. The van der Waals surface area contributed by atoms with Crippen LogP contribution in [0.25, 0.3) is 5.69 Å². The fraction of sp³-hybridized carbons (Fsp3) is 0.357. The first-order valence-corrected chi connectivity index (χ1v) is 7.24. The smallest absolute Gasteiger partial charge is 0.378 e. The summed E-state index contributed by atoms with van der Waals surface area (Å²) in [5.74, 6) is 0.0574. The van der Waals surface area contributed by atoms with Crippen molar-refractivity contribution in [1.82, 2.24) is 20.0 Å². The van der Waals surface area contributed by atoms with E-state index < -0.39 is 0 Å². The number of carbonyl (C=O) groups excluding carboxylic acids is 2. The Labute approximate surface area is 132 Å². The average molecular weight is 317 g/mol. The van der Waals surface area contributed by atoms with Crippen molar-refractivity contribution in [3.63, 3.8) is 0 Å². The molecule has 0 spiro atoms. The second kappa shape index (κ2) is 6.63. The van der Waals surface area contributed by atoms with Gasteiger partial charge in [-0.3, -0.25) is 4.79 Å². The van der Waals surface area contributed by atoms with Crippen molar-refractivity contribution in [2.75, 3.05) is 26.3 Å². The lowest BCUT2D eigenvalue weighted by Gasteiger charge is -2.23. The molecule has 2 heterocycles. The molecule has 3 rings (SSSR count). The van der Waals surface area contributed by atoms with E-state index >= 15 is 0 Å². The van der Waals surface area contributed by atoms with Crippen LogP contribution in [0, 0.1) is 0 Å². The molecule has 0 saturated carbocycles. The zero-order valence-electron chi connectivity index (χ0n) is 12.5. The molecule has 1 fully saturated rings. The number of tetrazole rings is 1. The van der Waals surface area contributed by atoms with E-state index in [2.05, 4.69) is 10.4 Å². The number of rotatable bonds is 3. The fourth-order valence-electron chi connectivity index (χ4n) is 2.34. The zero-order valence-corrected chi connectivity index (χ0v) is 12.5. The van der Waals surface area contributed by atoms with Crippen molar-refractivity contribution in [2.24, 2.45) is 5.73 Å². The molecule has 9 heteroatoms. The number of amides is 1. The van der Waals surface area contributed by atoms with Crippen LogP contribution in [-0.4, -0.2) is 58.6 Å². The molecule has 9 nitrogen and oxygen atoms in total. The van der Waals surface area contributed by atoms with Crippen molar-refractivity contribution >= 4 is 12.3 Å². The number of carbonyl (C=O) groups is 2. The monoisotopic (exact) mass is 317 g/mol. The van der Waals surface area contributed by atoms with Gasteiger partial charge in [-0.15, -0.1) is 0 Å². The minimum Gasteiger partial charge on any atom is -0.378 e. The number of ether oxygens (including phenoxy) is 1. The summed E-state index contributed by atoms with van der Waals surface area (Å²) in [6, 6.07) is 6.82. The van der Waals surface area contributed by atoms with Crippen LogP contribution in [0.5, 0.6) is 0 Å². The number of aromatic nitrogens is 4. The minimum atomic E-state index is -0.389. The predicted molar refractivity (Wildman–Crippen MR) is 78.0 cm³/mol. The van der Waals surface area contributed by atoms with Crippen molar-refractivity contribution in [3.05, 3.63) is 35.7 Å². The van der Waals surface area contributed by atoms with Gasteiger partial charge < -0.3 is 15.4 Å². The normalized spacial score (nSPS) is 14.7. The van der Waals surface area contributed by atoms with E-state index in [-0.39, 0.29) is 11.9 Å². The van der Waals surface area contributed by atoms with Gasteiger partial charge in [0.15, 0.2) is 5.21 Å². The Morgan fingerprint density at radius 1 is 1.30 bits per heavy atom. The molecule has 2 N–H and O–H groups in total. The first-order chi connectivity index (χ1) is 11.2. The lowest BCUT2D eigenvalue weighted by Crippen LogP contribution is -2.45. The predicted octanol–water partition coefficient (Wildman–Crippen LogP) is -0.874. The van der Waals surface area contributed by atoms with Crippen LogP contribution in [0.4, 0.5) is 4.79 Å². The van der Waals surface area contributed by atoms with Crippen molar-refractivity contribution in [2.45, 2.75) is 6.54 Å². The zero-order chi connectivity index (χ0) is 16.2. The molecule has 1 amide bonds. The topological polar surface area (TPSA) is 107 Å². The molecule has 1 aliphatic heterocycles.